The van der Waals surface area contributed by atoms with Crippen molar-refractivity contribution in [3.8, 4) is 0 Å². The molecule has 2 amide bonds. The number of nitrogens with one attached hydrogen (secondary N) is 2. The van der Waals surface area contributed by atoms with E-state index in [9.17, 15) is 24.2 Å². The Hall–Kier alpha value is -2.75. The molecule has 8 nitrogen and oxygen atoms in total. The minimum absolute atomic E-state index is 0.0501. The van der Waals surface area contributed by atoms with Crippen LogP contribution in [-0.4, -0.2) is 53.0 Å². The van der Waals surface area contributed by atoms with Crippen LogP contribution in [0.3, 0.4) is 0 Å². The van der Waals surface area contributed by atoms with Gasteiger partial charge in [0.1, 0.15) is 24.1 Å². The van der Waals surface area contributed by atoms with Crippen LogP contribution in [0.25, 0.3) is 0 Å². The lowest BCUT2D eigenvalue weighted by atomic mass is 10.1. The van der Waals surface area contributed by atoms with E-state index < -0.39 is 30.3 Å². The molecular formula is C19H21FN2O6. The number of ether oxygens (including phenoxy) is 1. The molecule has 0 bridgehead atoms. The Morgan fingerprint density at radius 3 is 2.43 bits per heavy atom. The van der Waals surface area contributed by atoms with Crippen molar-refractivity contribution in [1.29, 1.82) is 0 Å². The van der Waals surface area contributed by atoms with Gasteiger partial charge >= 0.3 is 0 Å². The molecule has 28 heavy (non-hydrogen) atoms. The van der Waals surface area contributed by atoms with Gasteiger partial charge in [0.25, 0.3) is 5.91 Å². The van der Waals surface area contributed by atoms with Crippen LogP contribution in [0.2, 0.25) is 0 Å². The number of rotatable bonds is 7. The number of benzene rings is 1. The zero-order chi connectivity index (χ0) is 20.1. The van der Waals surface area contributed by atoms with Crippen molar-refractivity contribution in [2.45, 2.75) is 37.4 Å². The molecule has 1 saturated heterocycles. The van der Waals surface area contributed by atoms with Crippen LogP contribution in [0.1, 0.15) is 22.5 Å². The number of hydrogen-bond acceptors (Lipinski definition) is 6. The smallest absolute Gasteiger partial charge is 0.287 e. The predicted octanol–water partition coefficient (Wildman–Crippen LogP) is 0.344. The third-order valence-corrected chi connectivity index (χ3v) is 4.46. The van der Waals surface area contributed by atoms with Gasteiger partial charge in [-0.25, -0.2) is 4.39 Å². The summed E-state index contributed by atoms with van der Waals surface area (Å²) in [4.78, 5) is 23.9. The zero-order valence-corrected chi connectivity index (χ0v) is 14.9. The van der Waals surface area contributed by atoms with Gasteiger partial charge in [0.2, 0.25) is 5.91 Å². The number of carbonyl (C=O) groups is 2. The molecule has 1 aromatic heterocycles. The highest BCUT2D eigenvalue weighted by molar-refractivity contribution is 5.91. The Bertz CT molecular complexity index is 795. The van der Waals surface area contributed by atoms with Crippen molar-refractivity contribution < 1.29 is 33.3 Å². The summed E-state index contributed by atoms with van der Waals surface area (Å²) in [5.74, 6) is -1.11. The standard InChI is InChI=1S/C19H21FN2O6/c20-12-5-3-11(4-6-12)9-21-16(23)8-14-17(24)18(25)15(28-14)10-22-19(26)13-2-1-7-27-13/h1-7,14-15,17-18,24-25H,8-10H2,(H,21,23)(H,22,26). The summed E-state index contributed by atoms with van der Waals surface area (Å²) in [5, 5.41) is 25.4. The average molecular weight is 392 g/mol. The number of carbonyl (C=O) groups excluding carboxylic acids is 2. The molecule has 4 atom stereocenters. The first-order chi connectivity index (χ1) is 13.4. The average Bonchev–Trinajstić information content (AvgIpc) is 3.31. The van der Waals surface area contributed by atoms with Gasteiger partial charge < -0.3 is 30.0 Å². The van der Waals surface area contributed by atoms with Crippen molar-refractivity contribution in [3.05, 3.63) is 59.8 Å². The molecule has 1 aliphatic heterocycles. The number of furan rings is 1. The molecule has 0 radical (unpaired) electrons. The summed E-state index contributed by atoms with van der Waals surface area (Å²) in [5.41, 5.74) is 0.723. The third-order valence-electron chi connectivity index (χ3n) is 4.46. The van der Waals surface area contributed by atoms with E-state index in [-0.39, 0.29) is 37.0 Å². The number of aliphatic hydroxyl groups is 2. The molecule has 2 aromatic rings. The van der Waals surface area contributed by atoms with Crippen LogP contribution in [-0.2, 0) is 16.1 Å². The van der Waals surface area contributed by atoms with Crippen LogP contribution < -0.4 is 10.6 Å². The van der Waals surface area contributed by atoms with E-state index in [2.05, 4.69) is 10.6 Å². The number of hydrogen-bond donors (Lipinski definition) is 4. The zero-order valence-electron chi connectivity index (χ0n) is 14.9. The maximum Gasteiger partial charge on any atom is 0.287 e. The molecule has 4 N–H and O–H groups in total. The molecule has 0 saturated carbocycles. The molecule has 0 aliphatic carbocycles. The molecule has 9 heteroatoms. The van der Waals surface area contributed by atoms with Gasteiger partial charge in [0.15, 0.2) is 5.76 Å². The summed E-state index contributed by atoms with van der Waals surface area (Å²) in [7, 11) is 0. The predicted molar refractivity (Wildman–Crippen MR) is 94.6 cm³/mol. The van der Waals surface area contributed by atoms with Crippen molar-refractivity contribution in [2.24, 2.45) is 0 Å². The van der Waals surface area contributed by atoms with Crippen LogP contribution in [0.4, 0.5) is 4.39 Å². The minimum atomic E-state index is -1.26. The molecule has 150 valence electrons. The lowest BCUT2D eigenvalue weighted by Crippen LogP contribution is -2.40. The molecule has 2 heterocycles. The Morgan fingerprint density at radius 2 is 1.75 bits per heavy atom. The molecule has 1 aliphatic rings. The Kier molecular flexibility index (Phi) is 6.40. The summed E-state index contributed by atoms with van der Waals surface area (Å²) < 4.78 is 23.4. The van der Waals surface area contributed by atoms with Gasteiger partial charge in [-0.15, -0.1) is 0 Å². The monoisotopic (exact) mass is 392 g/mol. The summed E-state index contributed by atoms with van der Waals surface area (Å²) >= 11 is 0. The van der Waals surface area contributed by atoms with Crippen LogP contribution >= 0.6 is 0 Å². The summed E-state index contributed by atoms with van der Waals surface area (Å²) in [6, 6.07) is 8.76. The summed E-state index contributed by atoms with van der Waals surface area (Å²) in [6.07, 6.45) is -3.08. The molecule has 1 aromatic carbocycles. The van der Waals surface area contributed by atoms with Crippen LogP contribution in [0.15, 0.2) is 47.1 Å². The van der Waals surface area contributed by atoms with E-state index in [0.29, 0.717) is 0 Å². The quantitative estimate of drug-likeness (QED) is 0.539. The lowest BCUT2D eigenvalue weighted by molar-refractivity contribution is -0.125. The highest BCUT2D eigenvalue weighted by atomic mass is 19.1. The van der Waals surface area contributed by atoms with Crippen LogP contribution in [0.5, 0.6) is 0 Å². The number of aliphatic hydroxyl groups excluding tert-OH is 2. The second-order valence-electron chi connectivity index (χ2n) is 6.49. The van der Waals surface area contributed by atoms with Crippen molar-refractivity contribution in [2.75, 3.05) is 6.54 Å². The van der Waals surface area contributed by atoms with E-state index in [0.717, 1.165) is 5.56 Å². The van der Waals surface area contributed by atoms with Crippen molar-refractivity contribution >= 4 is 11.8 Å². The summed E-state index contributed by atoms with van der Waals surface area (Å²) in [6.45, 7) is 0.151. The van der Waals surface area contributed by atoms with E-state index in [4.69, 9.17) is 9.15 Å². The van der Waals surface area contributed by atoms with Gasteiger partial charge in [-0.3, -0.25) is 9.59 Å². The van der Waals surface area contributed by atoms with Crippen molar-refractivity contribution in [1.82, 2.24) is 10.6 Å². The second kappa shape index (κ2) is 8.96. The SMILES string of the molecule is O=C(CC1OC(CNC(=O)c2ccco2)C(O)C1O)NCc1ccc(F)cc1. The Balaban J connectivity index is 1.45. The third kappa shape index (κ3) is 4.94. The molecular weight excluding hydrogens is 371 g/mol. The van der Waals surface area contributed by atoms with Gasteiger partial charge in [-0.1, -0.05) is 12.1 Å². The van der Waals surface area contributed by atoms with Crippen LogP contribution in [0, 0.1) is 5.82 Å². The van der Waals surface area contributed by atoms with Gasteiger partial charge in [-0.05, 0) is 29.8 Å². The highest BCUT2D eigenvalue weighted by Crippen LogP contribution is 2.23. The maximum atomic E-state index is 12.9. The topological polar surface area (TPSA) is 121 Å². The first kappa shape index (κ1) is 20.0. The van der Waals surface area contributed by atoms with E-state index in [1.54, 1.807) is 18.2 Å². The fraction of sp³-hybridized carbons (Fsp3) is 0.368. The van der Waals surface area contributed by atoms with Gasteiger partial charge in [0, 0.05) is 13.1 Å². The van der Waals surface area contributed by atoms with Gasteiger partial charge in [-0.2, -0.15) is 0 Å². The number of amides is 2. The maximum absolute atomic E-state index is 12.9. The van der Waals surface area contributed by atoms with Gasteiger partial charge in [0.05, 0.1) is 18.8 Å². The first-order valence-corrected chi connectivity index (χ1v) is 8.78. The molecule has 4 unspecified atom stereocenters. The van der Waals surface area contributed by atoms with Crippen molar-refractivity contribution in [3.63, 3.8) is 0 Å². The second-order valence-corrected chi connectivity index (χ2v) is 6.49. The fourth-order valence-corrected chi connectivity index (χ4v) is 2.91. The minimum Gasteiger partial charge on any atom is -0.459 e. The molecule has 1 fully saturated rings. The Labute approximate surface area is 160 Å². The molecule has 0 spiro atoms. The highest BCUT2D eigenvalue weighted by Gasteiger charge is 2.43. The molecule has 3 rings (SSSR count). The van der Waals surface area contributed by atoms with E-state index >= 15 is 0 Å². The number of halogens is 1. The Morgan fingerprint density at radius 1 is 1.04 bits per heavy atom. The van der Waals surface area contributed by atoms with E-state index in [1.165, 1.54) is 24.5 Å². The largest absolute Gasteiger partial charge is 0.459 e. The normalized spacial score (nSPS) is 24.1. The lowest BCUT2D eigenvalue weighted by Gasteiger charge is -2.15. The van der Waals surface area contributed by atoms with E-state index in [1.807, 2.05) is 0 Å². The first-order valence-electron chi connectivity index (χ1n) is 8.78. The fourth-order valence-electron chi connectivity index (χ4n) is 2.91.